The van der Waals surface area contributed by atoms with Gasteiger partial charge in [0, 0.05) is 19.6 Å². The summed E-state index contributed by atoms with van der Waals surface area (Å²) in [5, 5.41) is 0. The molecule has 0 N–H and O–H groups in total. The summed E-state index contributed by atoms with van der Waals surface area (Å²) in [5.41, 5.74) is 1.33. The van der Waals surface area contributed by atoms with E-state index in [1.165, 1.54) is 24.9 Å². The molecule has 3 nitrogen and oxygen atoms in total. The molecule has 1 atom stereocenters. The van der Waals surface area contributed by atoms with E-state index in [0.717, 1.165) is 37.8 Å². The molecule has 19 heavy (non-hydrogen) atoms. The average molecular weight is 261 g/mol. The van der Waals surface area contributed by atoms with Gasteiger partial charge in [-0.1, -0.05) is 12.1 Å². The van der Waals surface area contributed by atoms with Crippen LogP contribution in [-0.2, 0) is 11.2 Å². The Balaban J connectivity index is 1.52. The quantitative estimate of drug-likeness (QED) is 0.812. The van der Waals surface area contributed by atoms with E-state index >= 15 is 0 Å². The molecule has 0 aromatic heterocycles. The van der Waals surface area contributed by atoms with E-state index in [1.807, 2.05) is 12.1 Å². The molecule has 0 radical (unpaired) electrons. The third-order valence-corrected chi connectivity index (χ3v) is 4.06. The minimum Gasteiger partial charge on any atom is -0.497 e. The van der Waals surface area contributed by atoms with Crippen LogP contribution in [-0.4, -0.2) is 44.4 Å². The van der Waals surface area contributed by atoms with Crippen molar-refractivity contribution in [1.82, 2.24) is 4.90 Å². The standard InChI is InChI=1S/C16H23NO2/c1-18-15-6-4-13(5-7-15)10-16-12-17(8-9-19-16)11-14-2-3-14/h4-7,14,16H,2-3,8-12H2,1H3. The molecule has 1 unspecified atom stereocenters. The van der Waals surface area contributed by atoms with Crippen molar-refractivity contribution in [3.05, 3.63) is 29.8 Å². The van der Waals surface area contributed by atoms with Crippen LogP contribution in [0.3, 0.4) is 0 Å². The second-order valence-corrected chi connectivity index (χ2v) is 5.75. The number of methoxy groups -OCH3 is 1. The number of nitrogens with zero attached hydrogens (tertiary/aromatic N) is 1. The van der Waals surface area contributed by atoms with Crippen molar-refractivity contribution in [2.75, 3.05) is 33.4 Å². The van der Waals surface area contributed by atoms with Gasteiger partial charge in [-0.25, -0.2) is 0 Å². The van der Waals surface area contributed by atoms with Gasteiger partial charge in [0.25, 0.3) is 0 Å². The fourth-order valence-electron chi connectivity index (χ4n) is 2.76. The van der Waals surface area contributed by atoms with E-state index in [0.29, 0.717) is 6.10 Å². The van der Waals surface area contributed by atoms with Crippen molar-refractivity contribution in [1.29, 1.82) is 0 Å². The van der Waals surface area contributed by atoms with Gasteiger partial charge in [0.15, 0.2) is 0 Å². The summed E-state index contributed by atoms with van der Waals surface area (Å²) in [7, 11) is 1.70. The normalized spacial score (nSPS) is 24.4. The molecular formula is C16H23NO2. The van der Waals surface area contributed by atoms with Crippen molar-refractivity contribution in [2.45, 2.75) is 25.4 Å². The lowest BCUT2D eigenvalue weighted by molar-refractivity contribution is -0.0289. The highest BCUT2D eigenvalue weighted by molar-refractivity contribution is 5.27. The predicted molar refractivity (Wildman–Crippen MR) is 75.6 cm³/mol. The van der Waals surface area contributed by atoms with Gasteiger partial charge in [-0.3, -0.25) is 4.90 Å². The average Bonchev–Trinajstić information content (AvgIpc) is 3.24. The first kappa shape index (κ1) is 12.9. The van der Waals surface area contributed by atoms with Gasteiger partial charge in [-0.05, 0) is 42.9 Å². The Morgan fingerprint density at radius 3 is 2.74 bits per heavy atom. The number of ether oxygens (including phenoxy) is 2. The van der Waals surface area contributed by atoms with E-state index in [9.17, 15) is 0 Å². The second kappa shape index (κ2) is 5.93. The molecule has 1 aromatic rings. The maximum Gasteiger partial charge on any atom is 0.118 e. The number of morpholine rings is 1. The van der Waals surface area contributed by atoms with Crippen molar-refractivity contribution < 1.29 is 9.47 Å². The minimum absolute atomic E-state index is 0.348. The largest absolute Gasteiger partial charge is 0.497 e. The van der Waals surface area contributed by atoms with Gasteiger partial charge in [-0.2, -0.15) is 0 Å². The lowest BCUT2D eigenvalue weighted by Gasteiger charge is -2.33. The lowest BCUT2D eigenvalue weighted by atomic mass is 10.1. The van der Waals surface area contributed by atoms with Crippen LogP contribution < -0.4 is 4.74 Å². The molecule has 0 spiro atoms. The molecule has 1 heterocycles. The number of hydrogen-bond acceptors (Lipinski definition) is 3. The molecule has 1 saturated carbocycles. The summed E-state index contributed by atoms with van der Waals surface area (Å²) in [6, 6.07) is 8.34. The van der Waals surface area contributed by atoms with E-state index < -0.39 is 0 Å². The summed E-state index contributed by atoms with van der Waals surface area (Å²) < 4.78 is 11.1. The Bertz CT molecular complexity index is 400. The Morgan fingerprint density at radius 1 is 1.26 bits per heavy atom. The van der Waals surface area contributed by atoms with Gasteiger partial charge in [0.2, 0.25) is 0 Å². The minimum atomic E-state index is 0.348. The maximum absolute atomic E-state index is 5.90. The Morgan fingerprint density at radius 2 is 2.05 bits per heavy atom. The zero-order valence-corrected chi connectivity index (χ0v) is 11.7. The highest BCUT2D eigenvalue weighted by atomic mass is 16.5. The van der Waals surface area contributed by atoms with Gasteiger partial charge >= 0.3 is 0 Å². The first-order chi connectivity index (χ1) is 9.33. The molecule has 2 aliphatic rings. The van der Waals surface area contributed by atoms with Crippen molar-refractivity contribution in [3.8, 4) is 5.75 Å². The van der Waals surface area contributed by atoms with Crippen LogP contribution in [0.1, 0.15) is 18.4 Å². The van der Waals surface area contributed by atoms with Crippen LogP contribution in [0.15, 0.2) is 24.3 Å². The molecule has 0 amide bonds. The third-order valence-electron chi connectivity index (χ3n) is 4.06. The Kier molecular flexibility index (Phi) is 4.04. The summed E-state index contributed by atoms with van der Waals surface area (Å²) >= 11 is 0. The molecular weight excluding hydrogens is 238 g/mol. The van der Waals surface area contributed by atoms with Crippen LogP contribution in [0, 0.1) is 5.92 Å². The first-order valence-corrected chi connectivity index (χ1v) is 7.30. The van der Waals surface area contributed by atoms with Gasteiger partial charge in [0.1, 0.15) is 5.75 Å². The summed E-state index contributed by atoms with van der Waals surface area (Å²) in [6.07, 6.45) is 4.22. The molecule has 3 heteroatoms. The lowest BCUT2D eigenvalue weighted by Crippen LogP contribution is -2.44. The fraction of sp³-hybridized carbons (Fsp3) is 0.625. The Labute approximate surface area is 115 Å². The molecule has 1 aliphatic heterocycles. The van der Waals surface area contributed by atoms with Crippen molar-refractivity contribution >= 4 is 0 Å². The monoisotopic (exact) mass is 261 g/mol. The molecule has 3 rings (SSSR count). The number of benzene rings is 1. The zero-order chi connectivity index (χ0) is 13.1. The van der Waals surface area contributed by atoms with E-state index in [2.05, 4.69) is 17.0 Å². The Hall–Kier alpha value is -1.06. The molecule has 1 aromatic carbocycles. The zero-order valence-electron chi connectivity index (χ0n) is 11.7. The summed E-state index contributed by atoms with van der Waals surface area (Å²) in [6.45, 7) is 4.36. The van der Waals surface area contributed by atoms with Gasteiger partial charge in [0.05, 0.1) is 19.8 Å². The second-order valence-electron chi connectivity index (χ2n) is 5.75. The highest BCUT2D eigenvalue weighted by Crippen LogP contribution is 2.30. The van der Waals surface area contributed by atoms with Crippen LogP contribution in [0.4, 0.5) is 0 Å². The fourth-order valence-corrected chi connectivity index (χ4v) is 2.76. The summed E-state index contributed by atoms with van der Waals surface area (Å²) in [4.78, 5) is 2.58. The third kappa shape index (κ3) is 3.71. The number of hydrogen-bond donors (Lipinski definition) is 0. The van der Waals surface area contributed by atoms with Crippen LogP contribution in [0.25, 0.3) is 0 Å². The van der Waals surface area contributed by atoms with Gasteiger partial charge < -0.3 is 9.47 Å². The van der Waals surface area contributed by atoms with Crippen LogP contribution in [0.2, 0.25) is 0 Å². The molecule has 1 aliphatic carbocycles. The van der Waals surface area contributed by atoms with Gasteiger partial charge in [-0.15, -0.1) is 0 Å². The highest BCUT2D eigenvalue weighted by Gasteiger charge is 2.27. The smallest absolute Gasteiger partial charge is 0.118 e. The van der Waals surface area contributed by atoms with Crippen molar-refractivity contribution in [3.63, 3.8) is 0 Å². The van der Waals surface area contributed by atoms with E-state index in [4.69, 9.17) is 9.47 Å². The van der Waals surface area contributed by atoms with E-state index in [1.54, 1.807) is 7.11 Å². The maximum atomic E-state index is 5.90. The molecule has 1 saturated heterocycles. The van der Waals surface area contributed by atoms with Crippen molar-refractivity contribution in [2.24, 2.45) is 5.92 Å². The van der Waals surface area contributed by atoms with Crippen LogP contribution >= 0.6 is 0 Å². The predicted octanol–water partition coefficient (Wildman–Crippen LogP) is 2.35. The number of rotatable bonds is 5. The first-order valence-electron chi connectivity index (χ1n) is 7.30. The summed E-state index contributed by atoms with van der Waals surface area (Å²) in [5.74, 6) is 1.89. The molecule has 0 bridgehead atoms. The molecule has 2 fully saturated rings. The van der Waals surface area contributed by atoms with Crippen LogP contribution in [0.5, 0.6) is 5.75 Å². The topological polar surface area (TPSA) is 21.7 Å². The van der Waals surface area contributed by atoms with E-state index in [-0.39, 0.29) is 0 Å². The SMILES string of the molecule is COc1ccc(CC2CN(CC3CC3)CCO2)cc1. The molecule has 104 valence electrons.